The average molecular weight is 257 g/mol. The van der Waals surface area contributed by atoms with Gasteiger partial charge in [0.15, 0.2) is 0 Å². The van der Waals surface area contributed by atoms with Crippen molar-refractivity contribution in [2.24, 2.45) is 0 Å². The number of aromatic nitrogens is 2. The van der Waals surface area contributed by atoms with Gasteiger partial charge >= 0.3 is 0 Å². The van der Waals surface area contributed by atoms with Crippen LogP contribution in [0.1, 0.15) is 44.5 Å². The average Bonchev–Trinajstić information content (AvgIpc) is 2.73. The third kappa shape index (κ3) is 3.16. The number of imidazole rings is 1. The Kier molecular flexibility index (Phi) is 4.25. The van der Waals surface area contributed by atoms with Gasteiger partial charge in [-0.3, -0.25) is 0 Å². The fourth-order valence-corrected chi connectivity index (χ4v) is 2.25. The summed E-state index contributed by atoms with van der Waals surface area (Å²) < 4.78 is 2.18. The smallest absolute Gasteiger partial charge is 0.207 e. The molecule has 0 saturated heterocycles. The maximum atomic E-state index is 4.58. The summed E-state index contributed by atoms with van der Waals surface area (Å²) >= 11 is 0. The Morgan fingerprint density at radius 2 is 2.00 bits per heavy atom. The second-order valence-electron chi connectivity index (χ2n) is 5.24. The second-order valence-corrected chi connectivity index (χ2v) is 5.24. The zero-order valence-corrected chi connectivity index (χ0v) is 12.3. The molecule has 0 aliphatic rings. The van der Waals surface area contributed by atoms with Crippen LogP contribution in [0.2, 0.25) is 0 Å². The molecule has 3 nitrogen and oxygen atoms in total. The molecule has 0 saturated carbocycles. The van der Waals surface area contributed by atoms with Gasteiger partial charge in [-0.05, 0) is 38.8 Å². The fraction of sp³-hybridized carbons (Fsp3) is 0.438. The van der Waals surface area contributed by atoms with E-state index in [4.69, 9.17) is 0 Å². The van der Waals surface area contributed by atoms with E-state index in [1.54, 1.807) is 0 Å². The summed E-state index contributed by atoms with van der Waals surface area (Å²) in [5.74, 6) is 0.927. The lowest BCUT2D eigenvalue weighted by Gasteiger charge is -2.15. The molecular weight excluding hydrogens is 234 g/mol. The number of aryl methyl sites for hydroxylation is 2. The summed E-state index contributed by atoms with van der Waals surface area (Å²) in [6.07, 6.45) is 4.33. The summed E-state index contributed by atoms with van der Waals surface area (Å²) in [5, 5.41) is 3.48. The zero-order chi connectivity index (χ0) is 13.8. The van der Waals surface area contributed by atoms with Gasteiger partial charge in [0.25, 0.3) is 0 Å². The van der Waals surface area contributed by atoms with Crippen LogP contribution < -0.4 is 5.32 Å². The number of nitrogens with one attached hydrogen (secondary N) is 1. The molecular formula is C16H23N3. The molecule has 1 aromatic heterocycles. The number of para-hydroxylation sites is 1. The number of anilines is 2. The van der Waals surface area contributed by atoms with Crippen LogP contribution in [0.4, 0.5) is 11.6 Å². The highest BCUT2D eigenvalue weighted by Gasteiger charge is 2.10. The SMILES string of the molecule is CCCc1ccccc1Nc1nc(C)cn1C(C)C. The predicted molar refractivity (Wildman–Crippen MR) is 81.1 cm³/mol. The predicted octanol–water partition coefficient (Wildman–Crippen LogP) is 4.47. The van der Waals surface area contributed by atoms with E-state index in [0.717, 1.165) is 30.2 Å². The van der Waals surface area contributed by atoms with E-state index in [1.807, 2.05) is 6.92 Å². The van der Waals surface area contributed by atoms with Crippen LogP contribution in [-0.2, 0) is 6.42 Å². The van der Waals surface area contributed by atoms with Crippen molar-refractivity contribution in [3.8, 4) is 0 Å². The van der Waals surface area contributed by atoms with Gasteiger partial charge in [-0.15, -0.1) is 0 Å². The highest BCUT2D eigenvalue weighted by Crippen LogP contribution is 2.23. The minimum Gasteiger partial charge on any atom is -0.325 e. The minimum atomic E-state index is 0.405. The Morgan fingerprint density at radius 3 is 2.68 bits per heavy atom. The molecule has 0 unspecified atom stereocenters. The first-order valence-electron chi connectivity index (χ1n) is 7.02. The van der Waals surface area contributed by atoms with Crippen molar-refractivity contribution in [1.82, 2.24) is 9.55 Å². The van der Waals surface area contributed by atoms with Crippen molar-refractivity contribution in [3.63, 3.8) is 0 Å². The van der Waals surface area contributed by atoms with E-state index in [1.165, 1.54) is 5.56 Å². The first-order valence-corrected chi connectivity index (χ1v) is 7.02. The summed E-state index contributed by atoms with van der Waals surface area (Å²) in [5.41, 5.74) is 3.56. The molecule has 19 heavy (non-hydrogen) atoms. The number of rotatable bonds is 5. The Balaban J connectivity index is 2.31. The highest BCUT2D eigenvalue weighted by atomic mass is 15.2. The quantitative estimate of drug-likeness (QED) is 0.856. The van der Waals surface area contributed by atoms with E-state index in [9.17, 15) is 0 Å². The van der Waals surface area contributed by atoms with Crippen LogP contribution in [0.25, 0.3) is 0 Å². The first kappa shape index (κ1) is 13.7. The van der Waals surface area contributed by atoms with Gasteiger partial charge in [-0.25, -0.2) is 4.98 Å². The lowest BCUT2D eigenvalue weighted by molar-refractivity contribution is 0.607. The Bertz CT molecular complexity index is 541. The van der Waals surface area contributed by atoms with Crippen LogP contribution in [0.15, 0.2) is 30.5 Å². The van der Waals surface area contributed by atoms with Crippen LogP contribution in [-0.4, -0.2) is 9.55 Å². The zero-order valence-electron chi connectivity index (χ0n) is 12.3. The van der Waals surface area contributed by atoms with Crippen LogP contribution in [0.5, 0.6) is 0 Å². The number of hydrogen-bond acceptors (Lipinski definition) is 2. The van der Waals surface area contributed by atoms with Gasteiger partial charge in [0.2, 0.25) is 5.95 Å². The third-order valence-electron chi connectivity index (χ3n) is 3.19. The molecule has 1 heterocycles. The molecule has 0 amide bonds. The van der Waals surface area contributed by atoms with Crippen molar-refractivity contribution < 1.29 is 0 Å². The molecule has 0 aliphatic carbocycles. The van der Waals surface area contributed by atoms with Gasteiger partial charge in [0, 0.05) is 17.9 Å². The van der Waals surface area contributed by atoms with Crippen molar-refractivity contribution in [2.45, 2.75) is 46.6 Å². The van der Waals surface area contributed by atoms with Crippen molar-refractivity contribution >= 4 is 11.6 Å². The Labute approximate surface area is 115 Å². The second kappa shape index (κ2) is 5.91. The number of nitrogens with zero attached hydrogens (tertiary/aromatic N) is 2. The van der Waals surface area contributed by atoms with Gasteiger partial charge in [0.05, 0.1) is 5.69 Å². The highest BCUT2D eigenvalue weighted by molar-refractivity contribution is 5.59. The molecule has 0 bridgehead atoms. The summed E-state index contributed by atoms with van der Waals surface area (Å²) in [6, 6.07) is 8.87. The molecule has 0 spiro atoms. The first-order chi connectivity index (χ1) is 9.11. The van der Waals surface area contributed by atoms with Gasteiger partial charge < -0.3 is 9.88 Å². The molecule has 1 N–H and O–H groups in total. The molecule has 0 fully saturated rings. The molecule has 2 aromatic rings. The molecule has 0 radical (unpaired) electrons. The van der Waals surface area contributed by atoms with Crippen molar-refractivity contribution in [1.29, 1.82) is 0 Å². The minimum absolute atomic E-state index is 0.405. The number of hydrogen-bond donors (Lipinski definition) is 1. The van der Waals surface area contributed by atoms with Gasteiger partial charge in [0.1, 0.15) is 0 Å². The maximum absolute atomic E-state index is 4.58. The van der Waals surface area contributed by atoms with Gasteiger partial charge in [-0.1, -0.05) is 31.5 Å². The molecule has 102 valence electrons. The van der Waals surface area contributed by atoms with E-state index in [-0.39, 0.29) is 0 Å². The summed E-state index contributed by atoms with van der Waals surface area (Å²) in [4.78, 5) is 4.58. The van der Waals surface area contributed by atoms with Crippen LogP contribution in [0, 0.1) is 6.92 Å². The monoisotopic (exact) mass is 257 g/mol. The Hall–Kier alpha value is -1.77. The van der Waals surface area contributed by atoms with E-state index >= 15 is 0 Å². The van der Waals surface area contributed by atoms with Gasteiger partial charge in [-0.2, -0.15) is 0 Å². The van der Waals surface area contributed by atoms with E-state index < -0.39 is 0 Å². The molecule has 0 aliphatic heterocycles. The van der Waals surface area contributed by atoms with Crippen molar-refractivity contribution in [2.75, 3.05) is 5.32 Å². The third-order valence-corrected chi connectivity index (χ3v) is 3.19. The Morgan fingerprint density at radius 1 is 1.26 bits per heavy atom. The van der Waals surface area contributed by atoms with Crippen LogP contribution in [0.3, 0.4) is 0 Å². The molecule has 0 atom stereocenters. The summed E-state index contributed by atoms with van der Waals surface area (Å²) in [7, 11) is 0. The summed E-state index contributed by atoms with van der Waals surface area (Å²) in [6.45, 7) is 8.58. The van der Waals surface area contributed by atoms with E-state index in [0.29, 0.717) is 6.04 Å². The topological polar surface area (TPSA) is 29.9 Å². The standard InChI is InChI=1S/C16H23N3/c1-5-8-14-9-6-7-10-15(14)18-16-17-13(4)11-19(16)12(2)3/h6-7,9-12H,5,8H2,1-4H3,(H,17,18). The molecule has 3 heteroatoms. The van der Waals surface area contributed by atoms with Crippen LogP contribution >= 0.6 is 0 Å². The van der Waals surface area contributed by atoms with Crippen molar-refractivity contribution in [3.05, 3.63) is 41.7 Å². The lowest BCUT2D eigenvalue weighted by atomic mass is 10.1. The largest absolute Gasteiger partial charge is 0.325 e. The number of benzene rings is 1. The molecule has 2 rings (SSSR count). The lowest BCUT2D eigenvalue weighted by Crippen LogP contribution is -2.06. The maximum Gasteiger partial charge on any atom is 0.207 e. The fourth-order valence-electron chi connectivity index (χ4n) is 2.25. The normalized spacial score (nSPS) is 11.0. The molecule has 1 aromatic carbocycles. The van der Waals surface area contributed by atoms with E-state index in [2.05, 4.69) is 66.1 Å².